The molecule has 2 N–H and O–H groups in total. The number of carbonyl (C=O) groups excluding carboxylic acids is 1. The van der Waals surface area contributed by atoms with Gasteiger partial charge in [0.05, 0.1) is 5.60 Å². The Balaban J connectivity index is 2.56. The highest BCUT2D eigenvalue weighted by Gasteiger charge is 2.18. The van der Waals surface area contributed by atoms with Crippen molar-refractivity contribution in [3.8, 4) is 0 Å². The van der Waals surface area contributed by atoms with Crippen LogP contribution in [0, 0.1) is 0 Å². The summed E-state index contributed by atoms with van der Waals surface area (Å²) in [6.07, 6.45) is 0.605. The van der Waals surface area contributed by atoms with E-state index in [1.807, 2.05) is 19.1 Å². The van der Waals surface area contributed by atoms with Crippen LogP contribution < -0.4 is 5.32 Å². The summed E-state index contributed by atoms with van der Waals surface area (Å²) in [6, 6.07) is 7.10. The van der Waals surface area contributed by atoms with Crippen LogP contribution in [0.2, 0.25) is 0 Å². The molecule has 0 fully saturated rings. The van der Waals surface area contributed by atoms with Crippen LogP contribution in [-0.2, 0) is 0 Å². The highest BCUT2D eigenvalue weighted by Crippen LogP contribution is 2.11. The Hall–Kier alpha value is -0.870. The predicted molar refractivity (Wildman–Crippen MR) is 67.4 cm³/mol. The van der Waals surface area contributed by atoms with Crippen LogP contribution in [0.1, 0.15) is 30.6 Å². The Kier molecular flexibility index (Phi) is 4.50. The molecule has 1 rings (SSSR count). The number of carbonyl (C=O) groups is 1. The maximum absolute atomic E-state index is 11.7. The van der Waals surface area contributed by atoms with E-state index in [1.165, 1.54) is 0 Å². The van der Waals surface area contributed by atoms with Crippen molar-refractivity contribution in [1.29, 1.82) is 0 Å². The first kappa shape index (κ1) is 13.2. The Morgan fingerprint density at radius 1 is 1.44 bits per heavy atom. The van der Waals surface area contributed by atoms with Gasteiger partial charge in [-0.2, -0.15) is 0 Å². The number of hydrogen-bond acceptors (Lipinski definition) is 2. The fraction of sp³-hybridized carbons (Fsp3) is 0.417. The maximum atomic E-state index is 11.7. The minimum atomic E-state index is -0.842. The van der Waals surface area contributed by atoms with E-state index in [9.17, 15) is 9.90 Å². The first-order chi connectivity index (χ1) is 7.44. The monoisotopic (exact) mass is 285 g/mol. The van der Waals surface area contributed by atoms with Crippen LogP contribution in [-0.4, -0.2) is 23.2 Å². The Morgan fingerprint density at radius 3 is 2.50 bits per heavy atom. The minimum absolute atomic E-state index is 0.166. The summed E-state index contributed by atoms with van der Waals surface area (Å²) in [5.74, 6) is -0.166. The van der Waals surface area contributed by atoms with Crippen LogP contribution in [0.25, 0.3) is 0 Å². The van der Waals surface area contributed by atoms with E-state index in [0.717, 1.165) is 4.47 Å². The highest BCUT2D eigenvalue weighted by molar-refractivity contribution is 9.10. The van der Waals surface area contributed by atoms with Gasteiger partial charge in [0.1, 0.15) is 0 Å². The topological polar surface area (TPSA) is 49.3 Å². The zero-order chi connectivity index (χ0) is 12.2. The first-order valence-electron chi connectivity index (χ1n) is 5.21. The van der Waals surface area contributed by atoms with Crippen LogP contribution >= 0.6 is 15.9 Å². The van der Waals surface area contributed by atoms with Gasteiger partial charge in [0.25, 0.3) is 5.91 Å². The molecule has 0 saturated heterocycles. The largest absolute Gasteiger partial charge is 0.388 e. The lowest BCUT2D eigenvalue weighted by Gasteiger charge is -2.21. The highest BCUT2D eigenvalue weighted by atomic mass is 79.9. The van der Waals surface area contributed by atoms with Crippen molar-refractivity contribution in [3.63, 3.8) is 0 Å². The van der Waals surface area contributed by atoms with E-state index in [4.69, 9.17) is 0 Å². The normalized spacial score (nSPS) is 14.2. The standard InChI is InChI=1S/C12H16BrNO2/c1-3-12(2,16)8-14-11(15)9-4-6-10(13)7-5-9/h4-7,16H,3,8H2,1-2H3,(H,14,15). The molecule has 0 saturated carbocycles. The molecule has 1 aromatic carbocycles. The lowest BCUT2D eigenvalue weighted by molar-refractivity contribution is 0.0518. The lowest BCUT2D eigenvalue weighted by Crippen LogP contribution is -2.40. The minimum Gasteiger partial charge on any atom is -0.388 e. The lowest BCUT2D eigenvalue weighted by atomic mass is 10.0. The fourth-order valence-corrected chi connectivity index (χ4v) is 1.36. The number of aliphatic hydroxyl groups is 1. The van der Waals surface area contributed by atoms with Crippen molar-refractivity contribution >= 4 is 21.8 Å². The predicted octanol–water partition coefficient (Wildman–Crippen LogP) is 2.34. The molecule has 0 aliphatic rings. The molecule has 0 aromatic heterocycles. The van der Waals surface area contributed by atoms with Crippen molar-refractivity contribution in [2.24, 2.45) is 0 Å². The third kappa shape index (κ3) is 3.94. The van der Waals surface area contributed by atoms with Gasteiger partial charge < -0.3 is 10.4 Å². The molecule has 1 amide bonds. The number of rotatable bonds is 4. The molecule has 0 aliphatic carbocycles. The molecule has 4 heteroatoms. The van der Waals surface area contributed by atoms with E-state index in [-0.39, 0.29) is 12.5 Å². The number of halogens is 1. The van der Waals surface area contributed by atoms with E-state index >= 15 is 0 Å². The number of benzene rings is 1. The Bertz CT molecular complexity index is 360. The van der Waals surface area contributed by atoms with Crippen LogP contribution in [0.3, 0.4) is 0 Å². The zero-order valence-corrected chi connectivity index (χ0v) is 11.0. The molecule has 0 heterocycles. The van der Waals surface area contributed by atoms with Crippen molar-refractivity contribution in [3.05, 3.63) is 34.3 Å². The van der Waals surface area contributed by atoms with Gasteiger partial charge in [0.2, 0.25) is 0 Å². The van der Waals surface area contributed by atoms with Gasteiger partial charge in [-0.1, -0.05) is 22.9 Å². The van der Waals surface area contributed by atoms with Gasteiger partial charge in [-0.3, -0.25) is 4.79 Å². The average molecular weight is 286 g/mol. The number of amides is 1. The van der Waals surface area contributed by atoms with E-state index in [1.54, 1.807) is 19.1 Å². The van der Waals surface area contributed by atoms with Gasteiger partial charge in [-0.05, 0) is 37.6 Å². The van der Waals surface area contributed by atoms with Crippen LogP contribution in [0.4, 0.5) is 0 Å². The van der Waals surface area contributed by atoms with Gasteiger partial charge in [-0.15, -0.1) is 0 Å². The fourth-order valence-electron chi connectivity index (χ4n) is 1.10. The second kappa shape index (κ2) is 5.46. The molecular weight excluding hydrogens is 270 g/mol. The Labute approximate surface area is 104 Å². The van der Waals surface area contributed by atoms with Crippen LogP contribution in [0.15, 0.2) is 28.7 Å². The number of nitrogens with one attached hydrogen (secondary N) is 1. The molecule has 0 bridgehead atoms. The molecule has 3 nitrogen and oxygen atoms in total. The summed E-state index contributed by atoms with van der Waals surface area (Å²) in [6.45, 7) is 3.85. The van der Waals surface area contributed by atoms with E-state index in [0.29, 0.717) is 12.0 Å². The summed E-state index contributed by atoms with van der Waals surface area (Å²) in [7, 11) is 0. The molecular formula is C12H16BrNO2. The molecule has 0 aliphatic heterocycles. The molecule has 88 valence electrons. The summed E-state index contributed by atoms with van der Waals surface area (Å²) in [5.41, 5.74) is -0.250. The van der Waals surface area contributed by atoms with Gasteiger partial charge in [-0.25, -0.2) is 0 Å². The third-order valence-corrected chi connectivity index (χ3v) is 3.03. The molecule has 1 atom stereocenters. The molecule has 16 heavy (non-hydrogen) atoms. The SMILES string of the molecule is CCC(C)(O)CNC(=O)c1ccc(Br)cc1. The van der Waals surface area contributed by atoms with Crippen molar-refractivity contribution < 1.29 is 9.90 Å². The maximum Gasteiger partial charge on any atom is 0.251 e. The summed E-state index contributed by atoms with van der Waals surface area (Å²) < 4.78 is 0.935. The van der Waals surface area contributed by atoms with Gasteiger partial charge in [0.15, 0.2) is 0 Å². The van der Waals surface area contributed by atoms with Crippen molar-refractivity contribution in [2.75, 3.05) is 6.54 Å². The van der Waals surface area contributed by atoms with Crippen molar-refractivity contribution in [2.45, 2.75) is 25.9 Å². The summed E-state index contributed by atoms with van der Waals surface area (Å²) >= 11 is 3.30. The summed E-state index contributed by atoms with van der Waals surface area (Å²) in [5, 5.41) is 12.4. The van der Waals surface area contributed by atoms with E-state index < -0.39 is 5.60 Å². The smallest absolute Gasteiger partial charge is 0.251 e. The molecule has 1 unspecified atom stereocenters. The van der Waals surface area contributed by atoms with Crippen molar-refractivity contribution in [1.82, 2.24) is 5.32 Å². The number of hydrogen-bond donors (Lipinski definition) is 2. The Morgan fingerprint density at radius 2 is 2.00 bits per heavy atom. The summed E-state index contributed by atoms with van der Waals surface area (Å²) in [4.78, 5) is 11.7. The molecule has 1 aromatic rings. The third-order valence-electron chi connectivity index (χ3n) is 2.50. The van der Waals surface area contributed by atoms with Gasteiger partial charge >= 0.3 is 0 Å². The second-order valence-corrected chi connectivity index (χ2v) is 4.96. The van der Waals surface area contributed by atoms with Gasteiger partial charge in [0, 0.05) is 16.6 Å². The zero-order valence-electron chi connectivity index (χ0n) is 9.46. The molecule has 0 spiro atoms. The van der Waals surface area contributed by atoms with E-state index in [2.05, 4.69) is 21.2 Å². The van der Waals surface area contributed by atoms with Crippen LogP contribution in [0.5, 0.6) is 0 Å². The average Bonchev–Trinajstić information content (AvgIpc) is 2.27. The molecule has 0 radical (unpaired) electrons. The second-order valence-electron chi connectivity index (χ2n) is 4.04. The first-order valence-corrected chi connectivity index (χ1v) is 6.00. The quantitative estimate of drug-likeness (QED) is 0.892.